The molecule has 1 heterocycles. The zero-order valence-electron chi connectivity index (χ0n) is 9.89. The number of ether oxygens (including phenoxy) is 2. The van der Waals surface area contributed by atoms with Crippen LogP contribution in [0, 0.1) is 0 Å². The van der Waals surface area contributed by atoms with Gasteiger partial charge in [0, 0.05) is 12.5 Å². The number of rotatable bonds is 5. The summed E-state index contributed by atoms with van der Waals surface area (Å²) in [5.41, 5.74) is 5.40. The molecule has 7 nitrogen and oxygen atoms in total. The van der Waals surface area contributed by atoms with E-state index in [-0.39, 0.29) is 24.4 Å². The molecule has 0 radical (unpaired) electrons. The lowest BCUT2D eigenvalue weighted by Crippen LogP contribution is -2.47. The molecule has 0 saturated carbocycles. The van der Waals surface area contributed by atoms with Crippen LogP contribution in [0.2, 0.25) is 0 Å². The molecule has 98 valence electrons. The zero-order chi connectivity index (χ0) is 12.7. The standard InChI is InChI=1S/C10H19N3O4/c1-2-7(5-9(11)13-15)12-10(14)8-6-16-3-4-17-8/h7-8,15H,2-6H2,1H3,(H2,11,13)(H,12,14). The summed E-state index contributed by atoms with van der Waals surface area (Å²) in [5, 5.41) is 14.1. The highest BCUT2D eigenvalue weighted by atomic mass is 16.6. The molecule has 1 aliphatic heterocycles. The average molecular weight is 245 g/mol. The van der Waals surface area contributed by atoms with Gasteiger partial charge >= 0.3 is 0 Å². The second kappa shape index (κ2) is 7.08. The van der Waals surface area contributed by atoms with Crippen molar-refractivity contribution in [3.63, 3.8) is 0 Å². The summed E-state index contributed by atoms with van der Waals surface area (Å²) in [5.74, 6) is -0.125. The molecule has 0 aromatic carbocycles. The highest BCUT2D eigenvalue weighted by Crippen LogP contribution is 2.04. The predicted octanol–water partition coefficient (Wildman–Crippen LogP) is -0.567. The fraction of sp³-hybridized carbons (Fsp3) is 0.800. The Bertz CT molecular complexity index is 277. The van der Waals surface area contributed by atoms with Crippen molar-refractivity contribution in [2.45, 2.75) is 31.9 Å². The van der Waals surface area contributed by atoms with Crippen LogP contribution in [0.25, 0.3) is 0 Å². The summed E-state index contributed by atoms with van der Waals surface area (Å²) in [6, 6.07) is -0.163. The van der Waals surface area contributed by atoms with Gasteiger partial charge in [0.2, 0.25) is 0 Å². The van der Waals surface area contributed by atoms with E-state index in [4.69, 9.17) is 20.4 Å². The molecule has 1 fully saturated rings. The first kappa shape index (κ1) is 13.7. The van der Waals surface area contributed by atoms with Crippen LogP contribution in [0.1, 0.15) is 19.8 Å². The number of amidine groups is 1. The summed E-state index contributed by atoms with van der Waals surface area (Å²) >= 11 is 0. The fourth-order valence-electron chi connectivity index (χ4n) is 1.52. The van der Waals surface area contributed by atoms with Crippen molar-refractivity contribution in [1.82, 2.24) is 5.32 Å². The molecule has 17 heavy (non-hydrogen) atoms. The molecule has 1 saturated heterocycles. The van der Waals surface area contributed by atoms with Crippen LogP contribution in [-0.4, -0.2) is 48.9 Å². The van der Waals surface area contributed by atoms with Gasteiger partial charge in [-0.1, -0.05) is 12.1 Å². The molecule has 0 spiro atoms. The monoisotopic (exact) mass is 245 g/mol. The first-order chi connectivity index (χ1) is 8.17. The number of carbonyl (C=O) groups excluding carboxylic acids is 1. The highest BCUT2D eigenvalue weighted by molar-refractivity contribution is 5.83. The molecule has 0 aliphatic carbocycles. The number of oxime groups is 1. The Kier molecular flexibility index (Phi) is 5.71. The highest BCUT2D eigenvalue weighted by Gasteiger charge is 2.24. The summed E-state index contributed by atoms with van der Waals surface area (Å²) in [6.07, 6.45) is 0.437. The lowest BCUT2D eigenvalue weighted by molar-refractivity contribution is -0.148. The van der Waals surface area contributed by atoms with Gasteiger partial charge in [0.25, 0.3) is 5.91 Å². The van der Waals surface area contributed by atoms with E-state index in [9.17, 15) is 4.79 Å². The van der Waals surface area contributed by atoms with Crippen molar-refractivity contribution in [3.8, 4) is 0 Å². The maximum Gasteiger partial charge on any atom is 0.251 e. The Morgan fingerprint density at radius 1 is 1.65 bits per heavy atom. The molecule has 0 bridgehead atoms. The molecule has 4 N–H and O–H groups in total. The Morgan fingerprint density at radius 2 is 2.41 bits per heavy atom. The Morgan fingerprint density at radius 3 is 2.94 bits per heavy atom. The molecule has 0 aromatic rings. The van der Waals surface area contributed by atoms with Gasteiger partial charge in [-0.25, -0.2) is 0 Å². The van der Waals surface area contributed by atoms with Gasteiger partial charge < -0.3 is 25.7 Å². The van der Waals surface area contributed by atoms with E-state index < -0.39 is 6.10 Å². The number of amides is 1. The summed E-state index contributed by atoms with van der Waals surface area (Å²) in [4.78, 5) is 11.8. The second-order valence-electron chi connectivity index (χ2n) is 3.84. The lowest BCUT2D eigenvalue weighted by Gasteiger charge is -2.24. The SMILES string of the molecule is CCC(CC(N)=NO)NC(=O)C1COCCO1. The minimum atomic E-state index is -0.565. The summed E-state index contributed by atoms with van der Waals surface area (Å²) < 4.78 is 10.4. The van der Waals surface area contributed by atoms with Crippen LogP contribution in [0.4, 0.5) is 0 Å². The average Bonchev–Trinajstić information content (AvgIpc) is 2.38. The van der Waals surface area contributed by atoms with Gasteiger partial charge in [0.1, 0.15) is 5.84 Å². The minimum absolute atomic E-state index is 0.0953. The molecule has 0 aromatic heterocycles. The van der Waals surface area contributed by atoms with E-state index in [1.807, 2.05) is 6.92 Å². The molecular formula is C10H19N3O4. The number of nitrogens with two attached hydrogens (primary N) is 1. The maximum absolute atomic E-state index is 11.8. The van der Waals surface area contributed by atoms with Gasteiger partial charge in [-0.05, 0) is 6.42 Å². The van der Waals surface area contributed by atoms with Crippen LogP contribution in [0.5, 0.6) is 0 Å². The van der Waals surface area contributed by atoms with E-state index in [2.05, 4.69) is 10.5 Å². The molecule has 2 unspecified atom stereocenters. The van der Waals surface area contributed by atoms with Gasteiger partial charge in [-0.2, -0.15) is 0 Å². The third-order valence-corrected chi connectivity index (χ3v) is 2.53. The van der Waals surface area contributed by atoms with Gasteiger partial charge in [0.05, 0.1) is 19.8 Å². The molecule has 1 rings (SSSR count). The number of nitrogens with one attached hydrogen (secondary N) is 1. The van der Waals surface area contributed by atoms with Crippen LogP contribution in [0.15, 0.2) is 5.16 Å². The second-order valence-corrected chi connectivity index (χ2v) is 3.84. The van der Waals surface area contributed by atoms with Crippen LogP contribution in [0.3, 0.4) is 0 Å². The Hall–Kier alpha value is -1.34. The van der Waals surface area contributed by atoms with Crippen molar-refractivity contribution in [2.24, 2.45) is 10.9 Å². The fourth-order valence-corrected chi connectivity index (χ4v) is 1.52. The number of carbonyl (C=O) groups is 1. The largest absolute Gasteiger partial charge is 0.409 e. The number of hydrogen-bond acceptors (Lipinski definition) is 5. The van der Waals surface area contributed by atoms with Crippen molar-refractivity contribution in [3.05, 3.63) is 0 Å². The maximum atomic E-state index is 11.8. The summed E-state index contributed by atoms with van der Waals surface area (Å²) in [7, 11) is 0. The number of hydrogen-bond donors (Lipinski definition) is 3. The van der Waals surface area contributed by atoms with Gasteiger partial charge in [0.15, 0.2) is 6.10 Å². The van der Waals surface area contributed by atoms with Crippen molar-refractivity contribution in [1.29, 1.82) is 0 Å². The molecule has 2 atom stereocenters. The van der Waals surface area contributed by atoms with Crippen molar-refractivity contribution in [2.75, 3.05) is 19.8 Å². The number of nitrogens with zero attached hydrogens (tertiary/aromatic N) is 1. The lowest BCUT2D eigenvalue weighted by atomic mass is 10.1. The third-order valence-electron chi connectivity index (χ3n) is 2.53. The topological polar surface area (TPSA) is 106 Å². The Balaban J connectivity index is 2.41. The molecule has 1 amide bonds. The molecular weight excluding hydrogens is 226 g/mol. The molecule has 7 heteroatoms. The first-order valence-electron chi connectivity index (χ1n) is 5.63. The van der Waals surface area contributed by atoms with E-state index in [0.29, 0.717) is 26.1 Å². The van der Waals surface area contributed by atoms with Crippen LogP contribution in [-0.2, 0) is 14.3 Å². The van der Waals surface area contributed by atoms with Crippen LogP contribution >= 0.6 is 0 Å². The normalized spacial score (nSPS) is 23.1. The van der Waals surface area contributed by atoms with Gasteiger partial charge in [-0.3, -0.25) is 4.79 Å². The van der Waals surface area contributed by atoms with E-state index in [0.717, 1.165) is 0 Å². The Labute approximate surface area is 99.9 Å². The summed E-state index contributed by atoms with van der Waals surface area (Å²) in [6.45, 7) is 3.12. The molecule has 1 aliphatic rings. The van der Waals surface area contributed by atoms with E-state index in [1.54, 1.807) is 0 Å². The van der Waals surface area contributed by atoms with Gasteiger partial charge in [-0.15, -0.1) is 0 Å². The van der Waals surface area contributed by atoms with Crippen molar-refractivity contribution >= 4 is 11.7 Å². The quantitative estimate of drug-likeness (QED) is 0.260. The first-order valence-corrected chi connectivity index (χ1v) is 5.63. The van der Waals surface area contributed by atoms with Crippen LogP contribution < -0.4 is 11.1 Å². The van der Waals surface area contributed by atoms with Crippen molar-refractivity contribution < 1.29 is 19.5 Å². The van der Waals surface area contributed by atoms with E-state index in [1.165, 1.54) is 0 Å². The third kappa shape index (κ3) is 4.58. The van der Waals surface area contributed by atoms with E-state index >= 15 is 0 Å². The minimum Gasteiger partial charge on any atom is -0.409 e. The predicted molar refractivity (Wildman–Crippen MR) is 60.8 cm³/mol. The smallest absolute Gasteiger partial charge is 0.251 e. The zero-order valence-corrected chi connectivity index (χ0v) is 9.89.